The standard InChI is InChI=1S/C14H16ClNO/c1-4-5-12(9-16)14(15)11-7-6-10(2)13(8-11)17-3/h6-8H,4-5H2,1-3H3. The Hall–Kier alpha value is -1.46. The van der Waals surface area contributed by atoms with Gasteiger partial charge >= 0.3 is 0 Å². The normalized spacial score (nSPS) is 11.7. The van der Waals surface area contributed by atoms with Gasteiger partial charge in [0.2, 0.25) is 0 Å². The second-order valence-electron chi connectivity index (χ2n) is 3.84. The Kier molecular flexibility index (Phi) is 5.06. The van der Waals surface area contributed by atoms with E-state index >= 15 is 0 Å². The summed E-state index contributed by atoms with van der Waals surface area (Å²) in [6, 6.07) is 7.88. The van der Waals surface area contributed by atoms with Gasteiger partial charge in [-0.2, -0.15) is 5.26 Å². The summed E-state index contributed by atoms with van der Waals surface area (Å²) in [5, 5.41) is 9.57. The zero-order chi connectivity index (χ0) is 12.8. The van der Waals surface area contributed by atoms with Gasteiger partial charge in [-0.25, -0.2) is 0 Å². The van der Waals surface area contributed by atoms with Gasteiger partial charge in [-0.3, -0.25) is 0 Å². The van der Waals surface area contributed by atoms with Gasteiger partial charge < -0.3 is 4.74 Å². The number of hydrogen-bond acceptors (Lipinski definition) is 2. The molecule has 0 aliphatic carbocycles. The van der Waals surface area contributed by atoms with Gasteiger partial charge in [0.15, 0.2) is 0 Å². The van der Waals surface area contributed by atoms with Crippen LogP contribution in [0.3, 0.4) is 0 Å². The topological polar surface area (TPSA) is 33.0 Å². The van der Waals surface area contributed by atoms with Gasteiger partial charge in [0.1, 0.15) is 5.75 Å². The van der Waals surface area contributed by atoms with Crippen molar-refractivity contribution in [3.8, 4) is 11.8 Å². The minimum Gasteiger partial charge on any atom is -0.496 e. The van der Waals surface area contributed by atoms with Crippen LogP contribution in [0.1, 0.15) is 30.9 Å². The molecule has 0 unspecified atom stereocenters. The van der Waals surface area contributed by atoms with Crippen LogP contribution in [0, 0.1) is 18.3 Å². The summed E-state index contributed by atoms with van der Waals surface area (Å²) in [5.74, 6) is 0.787. The summed E-state index contributed by atoms with van der Waals surface area (Å²) in [6.45, 7) is 3.99. The average molecular weight is 250 g/mol. The predicted octanol–water partition coefficient (Wildman–Crippen LogP) is 4.28. The van der Waals surface area contributed by atoms with Crippen molar-refractivity contribution in [2.24, 2.45) is 0 Å². The number of benzene rings is 1. The predicted molar refractivity (Wildman–Crippen MR) is 71.0 cm³/mol. The molecular formula is C14H16ClNO. The van der Waals surface area contributed by atoms with Crippen LogP contribution in [0.15, 0.2) is 23.8 Å². The monoisotopic (exact) mass is 249 g/mol. The van der Waals surface area contributed by atoms with E-state index in [1.54, 1.807) is 7.11 Å². The Bertz CT molecular complexity index is 472. The van der Waals surface area contributed by atoms with E-state index in [0.29, 0.717) is 17.0 Å². The lowest BCUT2D eigenvalue weighted by atomic mass is 10.1. The maximum atomic E-state index is 9.05. The number of aryl methyl sites for hydroxylation is 1. The third kappa shape index (κ3) is 3.25. The molecule has 1 aromatic carbocycles. The van der Waals surface area contributed by atoms with Crippen molar-refractivity contribution in [3.05, 3.63) is 34.9 Å². The number of nitrogens with zero attached hydrogens (tertiary/aromatic N) is 1. The highest BCUT2D eigenvalue weighted by atomic mass is 35.5. The maximum Gasteiger partial charge on any atom is 0.122 e. The van der Waals surface area contributed by atoms with E-state index in [9.17, 15) is 0 Å². The summed E-state index contributed by atoms with van der Waals surface area (Å²) in [4.78, 5) is 0. The van der Waals surface area contributed by atoms with E-state index in [2.05, 4.69) is 6.07 Å². The van der Waals surface area contributed by atoms with Gasteiger partial charge in [0.25, 0.3) is 0 Å². The summed E-state index contributed by atoms with van der Waals surface area (Å²) in [5.41, 5.74) is 2.51. The fraction of sp³-hybridized carbons (Fsp3) is 0.357. The molecule has 17 heavy (non-hydrogen) atoms. The molecule has 0 heterocycles. The molecule has 0 aromatic heterocycles. The van der Waals surface area contributed by atoms with Crippen LogP contribution in [0.5, 0.6) is 5.75 Å². The van der Waals surface area contributed by atoms with E-state index in [0.717, 1.165) is 23.3 Å². The van der Waals surface area contributed by atoms with Gasteiger partial charge in [-0.1, -0.05) is 37.1 Å². The number of nitriles is 1. The van der Waals surface area contributed by atoms with Crippen LogP contribution < -0.4 is 4.74 Å². The SMILES string of the molecule is CCCC(C#N)=C(Cl)c1ccc(C)c(OC)c1. The van der Waals surface area contributed by atoms with Crippen LogP contribution in [0.2, 0.25) is 0 Å². The molecule has 2 nitrogen and oxygen atoms in total. The highest BCUT2D eigenvalue weighted by molar-refractivity contribution is 6.49. The molecule has 3 heteroatoms. The number of ether oxygens (including phenoxy) is 1. The minimum atomic E-state index is 0.521. The second kappa shape index (κ2) is 6.32. The lowest BCUT2D eigenvalue weighted by Crippen LogP contribution is -1.90. The summed E-state index contributed by atoms with van der Waals surface area (Å²) in [6.07, 6.45) is 1.60. The second-order valence-corrected chi connectivity index (χ2v) is 4.22. The van der Waals surface area contributed by atoms with E-state index in [1.807, 2.05) is 32.0 Å². The molecule has 0 radical (unpaired) electrons. The van der Waals surface area contributed by atoms with Crippen molar-refractivity contribution in [2.45, 2.75) is 26.7 Å². The minimum absolute atomic E-state index is 0.521. The largest absolute Gasteiger partial charge is 0.496 e. The van der Waals surface area contributed by atoms with Crippen LogP contribution >= 0.6 is 11.6 Å². The third-order valence-corrected chi connectivity index (χ3v) is 3.01. The first-order valence-electron chi connectivity index (χ1n) is 5.57. The molecular weight excluding hydrogens is 234 g/mol. The van der Waals surface area contributed by atoms with Crippen molar-refractivity contribution < 1.29 is 4.74 Å². The fourth-order valence-corrected chi connectivity index (χ4v) is 1.85. The van der Waals surface area contributed by atoms with E-state index in [-0.39, 0.29) is 0 Å². The van der Waals surface area contributed by atoms with Crippen molar-refractivity contribution in [2.75, 3.05) is 7.11 Å². The summed E-state index contributed by atoms with van der Waals surface area (Å²) < 4.78 is 5.25. The Morgan fingerprint density at radius 1 is 1.47 bits per heavy atom. The molecule has 0 spiro atoms. The molecule has 0 fully saturated rings. The molecule has 0 aliphatic rings. The van der Waals surface area contributed by atoms with E-state index in [4.69, 9.17) is 21.6 Å². The Balaban J connectivity index is 3.20. The molecule has 1 aromatic rings. The lowest BCUT2D eigenvalue weighted by Gasteiger charge is -2.08. The molecule has 0 bridgehead atoms. The average Bonchev–Trinajstić information content (AvgIpc) is 2.35. The zero-order valence-electron chi connectivity index (χ0n) is 10.4. The van der Waals surface area contributed by atoms with Gasteiger partial charge in [0.05, 0.1) is 18.2 Å². The highest BCUT2D eigenvalue weighted by Gasteiger charge is 2.08. The number of halogens is 1. The molecule has 0 saturated heterocycles. The lowest BCUT2D eigenvalue weighted by molar-refractivity contribution is 0.411. The number of methoxy groups -OCH3 is 1. The quantitative estimate of drug-likeness (QED) is 0.747. The summed E-state index contributed by atoms with van der Waals surface area (Å²) in [7, 11) is 1.63. The molecule has 1 rings (SSSR count). The molecule has 0 aliphatic heterocycles. The Morgan fingerprint density at radius 3 is 2.71 bits per heavy atom. The van der Waals surface area contributed by atoms with Crippen LogP contribution in [0.4, 0.5) is 0 Å². The van der Waals surface area contributed by atoms with Crippen LogP contribution in [0.25, 0.3) is 5.03 Å². The first kappa shape index (κ1) is 13.6. The zero-order valence-corrected chi connectivity index (χ0v) is 11.1. The van der Waals surface area contributed by atoms with E-state index in [1.165, 1.54) is 0 Å². The van der Waals surface area contributed by atoms with Crippen LogP contribution in [-0.2, 0) is 0 Å². The van der Waals surface area contributed by atoms with Crippen molar-refractivity contribution in [1.29, 1.82) is 5.26 Å². The van der Waals surface area contributed by atoms with Crippen molar-refractivity contribution in [1.82, 2.24) is 0 Å². The highest BCUT2D eigenvalue weighted by Crippen LogP contribution is 2.29. The first-order chi connectivity index (χ1) is 8.13. The Labute approximate surface area is 107 Å². The number of allylic oxidation sites excluding steroid dienone is 1. The maximum absolute atomic E-state index is 9.05. The molecule has 0 saturated carbocycles. The molecule has 90 valence electrons. The fourth-order valence-electron chi connectivity index (χ4n) is 1.60. The molecule has 0 N–H and O–H groups in total. The number of hydrogen-bond donors (Lipinski definition) is 0. The third-order valence-electron chi connectivity index (χ3n) is 2.56. The number of rotatable bonds is 4. The van der Waals surface area contributed by atoms with E-state index < -0.39 is 0 Å². The first-order valence-corrected chi connectivity index (χ1v) is 5.95. The Morgan fingerprint density at radius 2 is 2.18 bits per heavy atom. The van der Waals surface area contributed by atoms with Crippen LogP contribution in [-0.4, -0.2) is 7.11 Å². The smallest absolute Gasteiger partial charge is 0.122 e. The summed E-state index contributed by atoms with van der Waals surface area (Å²) >= 11 is 6.23. The van der Waals surface area contributed by atoms with Crippen molar-refractivity contribution in [3.63, 3.8) is 0 Å². The van der Waals surface area contributed by atoms with Gasteiger partial charge in [-0.15, -0.1) is 0 Å². The van der Waals surface area contributed by atoms with Crippen molar-refractivity contribution >= 4 is 16.6 Å². The molecule has 0 atom stereocenters. The van der Waals surface area contributed by atoms with Gasteiger partial charge in [-0.05, 0) is 30.5 Å². The molecule has 0 amide bonds. The van der Waals surface area contributed by atoms with Gasteiger partial charge in [0, 0.05) is 5.57 Å².